The number of halogens is 2. The number of fused-ring (bicyclic) bond motifs is 5. The predicted molar refractivity (Wildman–Crippen MR) is 161 cm³/mol. The van der Waals surface area contributed by atoms with Gasteiger partial charge in [0.05, 0.1) is 31.1 Å². The van der Waals surface area contributed by atoms with E-state index in [-0.39, 0.29) is 22.8 Å². The Morgan fingerprint density at radius 1 is 1.20 bits per heavy atom. The second-order valence-electron chi connectivity index (χ2n) is 10.2. The number of amidine groups is 1. The molecule has 5 aliphatic heterocycles. The van der Waals surface area contributed by atoms with Crippen LogP contribution < -0.4 is 11.1 Å². The molecule has 5 N–H and O–H groups in total. The van der Waals surface area contributed by atoms with Crippen molar-refractivity contribution >= 4 is 90.4 Å². The highest BCUT2D eigenvalue weighted by Gasteiger charge is 2.55. The maximum atomic E-state index is 16.0. The molecule has 18 nitrogen and oxygen atoms in total. The third kappa shape index (κ3) is 5.71. The Bertz CT molecular complexity index is 1740. The summed E-state index contributed by atoms with van der Waals surface area (Å²) in [6.45, 7) is -9.89. The van der Waals surface area contributed by atoms with Crippen LogP contribution in [0.2, 0.25) is 0 Å². The van der Waals surface area contributed by atoms with Crippen LogP contribution in [0.25, 0.3) is 11.2 Å². The van der Waals surface area contributed by atoms with Gasteiger partial charge in [-0.25, -0.2) is 28.3 Å². The highest BCUT2D eigenvalue weighted by atomic mass is 32.7. The number of thiol groups is 1. The zero-order valence-electron chi connectivity index (χ0n) is 22.3. The van der Waals surface area contributed by atoms with E-state index in [1.165, 1.54) is 22.1 Å². The number of alkyl halides is 2. The van der Waals surface area contributed by atoms with Crippen LogP contribution in [0.1, 0.15) is 6.23 Å². The van der Waals surface area contributed by atoms with Gasteiger partial charge in [0.2, 0.25) is 5.96 Å². The van der Waals surface area contributed by atoms with E-state index in [9.17, 15) is 14.3 Å². The van der Waals surface area contributed by atoms with Crippen molar-refractivity contribution in [2.24, 2.45) is 9.98 Å². The van der Waals surface area contributed by atoms with Gasteiger partial charge in [-0.15, -0.1) is 11.8 Å². The van der Waals surface area contributed by atoms with Crippen LogP contribution >= 0.6 is 37.5 Å². The van der Waals surface area contributed by atoms with Gasteiger partial charge in [-0.1, -0.05) is 12.2 Å². The smallest absolute Gasteiger partial charge is 0.382 e. The van der Waals surface area contributed by atoms with Gasteiger partial charge in [-0.2, -0.15) is 4.99 Å². The molecule has 25 heteroatoms. The molecular formula is C20H22F2N10O8P2S3. The summed E-state index contributed by atoms with van der Waals surface area (Å²) in [5, 5.41) is 7.87. The molecule has 3 unspecified atom stereocenters. The number of aliphatic imine (C=N–C) groups is 2. The van der Waals surface area contributed by atoms with Gasteiger partial charge in [-0.05, 0) is 11.8 Å². The number of ether oxygens (including phenoxy) is 1. The van der Waals surface area contributed by atoms with Crippen LogP contribution in [0.15, 0.2) is 22.6 Å². The number of carbonyl (C=O) groups excluding carboxylic acids is 1. The van der Waals surface area contributed by atoms with Gasteiger partial charge in [0.25, 0.3) is 5.91 Å². The van der Waals surface area contributed by atoms with E-state index in [1.807, 2.05) is 0 Å². The van der Waals surface area contributed by atoms with E-state index in [0.29, 0.717) is 0 Å². The second kappa shape index (κ2) is 11.5. The summed E-state index contributed by atoms with van der Waals surface area (Å²) in [6.07, 6.45) is -6.26. The number of hydrogen-bond acceptors (Lipinski definition) is 16. The number of aromatic nitrogens is 4. The minimum absolute atomic E-state index is 0.0246. The fraction of sp³-hybridized carbons (Fsp3) is 0.550. The fourth-order valence-electron chi connectivity index (χ4n) is 5.34. The number of nitrogens with one attached hydrogen (secondary N) is 2. The van der Waals surface area contributed by atoms with Crippen molar-refractivity contribution in [1.29, 1.82) is 5.41 Å². The van der Waals surface area contributed by atoms with Gasteiger partial charge < -0.3 is 24.8 Å². The molecule has 45 heavy (non-hydrogen) atoms. The van der Waals surface area contributed by atoms with Crippen LogP contribution in [-0.4, -0.2) is 114 Å². The number of guanidine groups is 1. The molecule has 0 aliphatic carbocycles. The van der Waals surface area contributed by atoms with Gasteiger partial charge in [-0.3, -0.25) is 38.7 Å². The van der Waals surface area contributed by atoms with E-state index in [2.05, 4.69) is 42.5 Å². The lowest BCUT2D eigenvalue weighted by Crippen LogP contribution is -2.52. The molecule has 2 aromatic heterocycles. The quantitative estimate of drug-likeness (QED) is 0.211. The molecular weight excluding hydrogens is 704 g/mol. The van der Waals surface area contributed by atoms with Gasteiger partial charge >= 0.3 is 13.5 Å². The third-order valence-electron chi connectivity index (χ3n) is 7.35. The van der Waals surface area contributed by atoms with Gasteiger partial charge in [0, 0.05) is 0 Å². The summed E-state index contributed by atoms with van der Waals surface area (Å²) in [4.78, 5) is 44.8. The lowest BCUT2D eigenvalue weighted by atomic mass is 10.1. The molecule has 5 aliphatic rings. The van der Waals surface area contributed by atoms with Crippen LogP contribution in [0, 0.1) is 5.41 Å². The number of thioether (sulfide) groups is 1. The summed E-state index contributed by atoms with van der Waals surface area (Å²) in [5.41, 5.74) is 6.17. The lowest BCUT2D eigenvalue weighted by Gasteiger charge is -2.31. The number of nitrogen functional groups attached to an aromatic ring is 1. The summed E-state index contributed by atoms with van der Waals surface area (Å²) < 4.78 is 74.7. The maximum Gasteiger partial charge on any atom is 0.386 e. The zero-order chi connectivity index (χ0) is 31.8. The van der Waals surface area contributed by atoms with E-state index < -0.39 is 92.1 Å². The Morgan fingerprint density at radius 3 is 2.80 bits per heavy atom. The lowest BCUT2D eigenvalue weighted by molar-refractivity contribution is -0.119. The first-order valence-corrected chi connectivity index (χ1v) is 19.2. The number of amides is 1. The van der Waals surface area contributed by atoms with Gasteiger partial charge in [0.1, 0.15) is 47.5 Å². The second-order valence-corrected chi connectivity index (χ2v) is 17.2. The molecule has 7 heterocycles. The summed E-state index contributed by atoms with van der Waals surface area (Å²) in [7, 11) is 0. The Kier molecular flexibility index (Phi) is 8.04. The van der Waals surface area contributed by atoms with Crippen LogP contribution in [0.4, 0.5) is 14.6 Å². The molecule has 0 saturated carbocycles. The number of hydrogen-bond donors (Lipinski definition) is 5. The first-order valence-electron chi connectivity index (χ1n) is 12.9. The van der Waals surface area contributed by atoms with Crippen molar-refractivity contribution < 1.29 is 45.9 Å². The SMILES string of the molecule is N=C1N=C2C(N=CN2[C@@H]2S[C@@H]3COP(O)(=S)O[C@H]4[C@H](F)[C@H](n5cnc6c(N)ncnc65)O[C@@H]4COP(=O)(S)O[C@@H]2[C@H]3F)C(=O)N1. The van der Waals surface area contributed by atoms with Crippen molar-refractivity contribution in [3.8, 4) is 0 Å². The topological polar surface area (TPSA) is 234 Å². The highest BCUT2D eigenvalue weighted by Crippen LogP contribution is 2.59. The molecule has 2 bridgehead atoms. The maximum absolute atomic E-state index is 16.0. The van der Waals surface area contributed by atoms with Crippen molar-refractivity contribution in [2.45, 2.75) is 53.5 Å². The summed E-state index contributed by atoms with van der Waals surface area (Å²) in [5.74, 6) is -0.986. The van der Waals surface area contributed by atoms with Gasteiger partial charge in [0.15, 0.2) is 29.9 Å². The Labute approximate surface area is 265 Å². The number of imidazole rings is 1. The largest absolute Gasteiger partial charge is 0.386 e. The summed E-state index contributed by atoms with van der Waals surface area (Å²) >= 11 is 10.1. The van der Waals surface area contributed by atoms with Crippen molar-refractivity contribution in [3.05, 3.63) is 12.7 Å². The number of nitrogens with two attached hydrogens (primary N) is 1. The molecule has 0 radical (unpaired) electrons. The Hall–Kier alpha value is -2.17. The molecule has 0 spiro atoms. The molecule has 242 valence electrons. The van der Waals surface area contributed by atoms with E-state index in [4.69, 9.17) is 45.8 Å². The first kappa shape index (κ1) is 31.4. The number of anilines is 1. The van der Waals surface area contributed by atoms with E-state index >= 15 is 8.78 Å². The monoisotopic (exact) mass is 726 g/mol. The van der Waals surface area contributed by atoms with Crippen LogP contribution in [0.5, 0.6) is 0 Å². The van der Waals surface area contributed by atoms with E-state index in [0.717, 1.165) is 18.1 Å². The molecule has 3 fully saturated rings. The Morgan fingerprint density at radius 2 is 2.00 bits per heavy atom. The van der Waals surface area contributed by atoms with Crippen molar-refractivity contribution in [2.75, 3.05) is 18.9 Å². The minimum atomic E-state index is -4.43. The fourth-order valence-corrected chi connectivity index (χ4v) is 9.90. The first-order chi connectivity index (χ1) is 21.3. The van der Waals surface area contributed by atoms with Crippen LogP contribution in [0.3, 0.4) is 0 Å². The third-order valence-corrected chi connectivity index (χ3v) is 12.0. The molecule has 11 atom stereocenters. The zero-order valence-corrected chi connectivity index (χ0v) is 26.6. The summed E-state index contributed by atoms with van der Waals surface area (Å²) in [6, 6.07) is -1.09. The molecule has 7 rings (SSSR count). The van der Waals surface area contributed by atoms with Crippen molar-refractivity contribution in [3.63, 3.8) is 0 Å². The number of carbonyl (C=O) groups is 1. The molecule has 3 saturated heterocycles. The molecule has 2 aromatic rings. The van der Waals surface area contributed by atoms with Crippen molar-refractivity contribution in [1.82, 2.24) is 29.7 Å². The molecule has 1 amide bonds. The number of rotatable bonds is 2. The predicted octanol–water partition coefficient (Wildman–Crippen LogP) is 0.671. The van der Waals surface area contributed by atoms with Crippen LogP contribution in [-0.2, 0) is 44.0 Å². The Balaban J connectivity index is 1.17. The highest BCUT2D eigenvalue weighted by molar-refractivity contribution is 8.44. The average Bonchev–Trinajstić information content (AvgIpc) is 3.72. The number of nitrogens with zero attached hydrogens (tertiary/aromatic N) is 7. The standard InChI is InChI=1S/C20H22F2N10O8P2S3/c21-8-7-2-37-42(35,44)39-12-6(38-18(9(12)22)31-4-27-10-14(23)25-3-26-15(10)31)1-36-41(34,43)40-13(8)19(45-7)32-5-28-11-16(32)29-20(24)30-17(11)33/h3-9,11-13,18-19H,1-2H2,(H,34,43)(H,35,44)(H2,23,25,26)(H2,24,30,33)/t6-,7-,8+,9+,11?,12-,13-,18-,19-,41?,42?/m1/s1. The van der Waals surface area contributed by atoms with E-state index in [1.54, 1.807) is 0 Å². The molecule has 0 aromatic carbocycles. The normalized spacial score (nSPS) is 42.0. The average molecular weight is 727 g/mol. The minimum Gasteiger partial charge on any atom is -0.382 e.